The van der Waals surface area contributed by atoms with Crippen molar-refractivity contribution in [2.45, 2.75) is 38.9 Å². The predicted octanol–water partition coefficient (Wildman–Crippen LogP) is 4.54. The van der Waals surface area contributed by atoms with Crippen LogP contribution in [-0.2, 0) is 16.1 Å². The van der Waals surface area contributed by atoms with Gasteiger partial charge in [0.25, 0.3) is 0 Å². The van der Waals surface area contributed by atoms with Crippen LogP contribution in [-0.4, -0.2) is 40.4 Å². The normalized spacial score (nSPS) is 18.0. The van der Waals surface area contributed by atoms with Crippen molar-refractivity contribution in [3.05, 3.63) is 59.5 Å². The van der Waals surface area contributed by atoms with Gasteiger partial charge in [-0.3, -0.25) is 9.48 Å². The fraction of sp³-hybridized carbons (Fsp3) is 0.348. The number of nitrogens with one attached hydrogen (secondary N) is 1. The number of nitrogens with zero attached hydrogens (tertiary/aromatic N) is 4. The average molecular weight is 440 g/mol. The number of pyridine rings is 1. The SMILES string of the molecule is COCCn1cc(-c2ccc3c(c2)C(Nc2ccc(Cl)cn2)CC(C)N3C(C)=O)cn1. The molecule has 1 aromatic carbocycles. The van der Waals surface area contributed by atoms with E-state index in [1.54, 1.807) is 20.2 Å². The molecule has 3 heterocycles. The van der Waals surface area contributed by atoms with Gasteiger partial charge in [-0.25, -0.2) is 4.98 Å². The highest BCUT2D eigenvalue weighted by Crippen LogP contribution is 2.41. The van der Waals surface area contributed by atoms with Crippen molar-refractivity contribution in [2.24, 2.45) is 0 Å². The van der Waals surface area contributed by atoms with E-state index >= 15 is 0 Å². The summed E-state index contributed by atoms with van der Waals surface area (Å²) in [5.74, 6) is 0.790. The van der Waals surface area contributed by atoms with Crippen LogP contribution in [0.3, 0.4) is 0 Å². The summed E-state index contributed by atoms with van der Waals surface area (Å²) in [6.07, 6.45) is 6.27. The molecule has 7 nitrogen and oxygen atoms in total. The largest absolute Gasteiger partial charge is 0.383 e. The van der Waals surface area contributed by atoms with Gasteiger partial charge in [0.05, 0.1) is 30.4 Å². The molecule has 0 bridgehead atoms. The van der Waals surface area contributed by atoms with Crippen LogP contribution in [0.15, 0.2) is 48.9 Å². The molecule has 2 aromatic heterocycles. The van der Waals surface area contributed by atoms with Crippen LogP contribution in [0.5, 0.6) is 0 Å². The van der Waals surface area contributed by atoms with Crippen molar-refractivity contribution >= 4 is 29.0 Å². The summed E-state index contributed by atoms with van der Waals surface area (Å²) in [6.45, 7) is 4.99. The van der Waals surface area contributed by atoms with Gasteiger partial charge in [-0.15, -0.1) is 0 Å². The number of carbonyl (C=O) groups is 1. The standard InChI is InChI=1S/C23H26ClN5O2/c1-15-10-21(27-23-7-5-19(24)13-25-23)20-11-17(4-6-22(20)29(15)16(2)30)18-12-26-28(14-18)8-9-31-3/h4-7,11-15,21H,8-10H2,1-3H3,(H,25,27). The molecule has 31 heavy (non-hydrogen) atoms. The Kier molecular flexibility index (Phi) is 6.25. The quantitative estimate of drug-likeness (QED) is 0.610. The summed E-state index contributed by atoms with van der Waals surface area (Å²) >= 11 is 5.98. The Bertz CT molecular complexity index is 1070. The fourth-order valence-electron chi connectivity index (χ4n) is 4.12. The van der Waals surface area contributed by atoms with Crippen molar-refractivity contribution in [2.75, 3.05) is 23.9 Å². The molecule has 1 N–H and O–H groups in total. The molecule has 1 aliphatic heterocycles. The van der Waals surface area contributed by atoms with Gasteiger partial charge < -0.3 is 15.0 Å². The zero-order valence-electron chi connectivity index (χ0n) is 17.9. The monoisotopic (exact) mass is 439 g/mol. The van der Waals surface area contributed by atoms with Crippen molar-refractivity contribution in [3.8, 4) is 11.1 Å². The topological polar surface area (TPSA) is 72.3 Å². The van der Waals surface area contributed by atoms with Crippen molar-refractivity contribution in [3.63, 3.8) is 0 Å². The molecule has 0 fully saturated rings. The zero-order valence-corrected chi connectivity index (χ0v) is 18.6. The number of hydrogen-bond acceptors (Lipinski definition) is 5. The van der Waals surface area contributed by atoms with Gasteiger partial charge in [0, 0.05) is 43.7 Å². The second-order valence-corrected chi connectivity index (χ2v) is 8.23. The summed E-state index contributed by atoms with van der Waals surface area (Å²) in [7, 11) is 1.68. The van der Waals surface area contributed by atoms with Gasteiger partial charge in [0.2, 0.25) is 5.91 Å². The summed E-state index contributed by atoms with van der Waals surface area (Å²) in [4.78, 5) is 18.6. The molecule has 2 atom stereocenters. The summed E-state index contributed by atoms with van der Waals surface area (Å²) in [5, 5.41) is 8.54. The predicted molar refractivity (Wildman–Crippen MR) is 122 cm³/mol. The van der Waals surface area contributed by atoms with Crippen LogP contribution >= 0.6 is 11.6 Å². The van der Waals surface area contributed by atoms with Gasteiger partial charge >= 0.3 is 0 Å². The first-order valence-corrected chi connectivity index (χ1v) is 10.7. The zero-order chi connectivity index (χ0) is 22.0. The molecule has 0 saturated carbocycles. The summed E-state index contributed by atoms with van der Waals surface area (Å²) < 4.78 is 7.01. The second kappa shape index (κ2) is 9.08. The third-order valence-electron chi connectivity index (χ3n) is 5.56. The molecule has 0 saturated heterocycles. The van der Waals surface area contributed by atoms with E-state index in [1.807, 2.05) is 46.2 Å². The maximum atomic E-state index is 12.4. The molecule has 162 valence electrons. The Balaban J connectivity index is 1.70. The smallest absolute Gasteiger partial charge is 0.224 e. The van der Waals surface area contributed by atoms with E-state index in [2.05, 4.69) is 28.4 Å². The number of anilines is 2. The van der Waals surface area contributed by atoms with E-state index in [4.69, 9.17) is 16.3 Å². The summed E-state index contributed by atoms with van der Waals surface area (Å²) in [5.41, 5.74) is 4.06. The molecule has 4 rings (SSSR count). The molecule has 8 heteroatoms. The lowest BCUT2D eigenvalue weighted by molar-refractivity contribution is -0.117. The number of benzene rings is 1. The van der Waals surface area contributed by atoms with Crippen LogP contribution in [0.25, 0.3) is 11.1 Å². The minimum Gasteiger partial charge on any atom is -0.383 e. The number of fused-ring (bicyclic) bond motifs is 1. The number of halogens is 1. The first kappa shape index (κ1) is 21.3. The minimum atomic E-state index is 0.0118. The van der Waals surface area contributed by atoms with Crippen LogP contribution in [0.1, 0.15) is 31.9 Å². The lowest BCUT2D eigenvalue weighted by Gasteiger charge is -2.39. The van der Waals surface area contributed by atoms with E-state index in [9.17, 15) is 4.79 Å². The van der Waals surface area contributed by atoms with E-state index in [0.717, 1.165) is 34.6 Å². The fourth-order valence-corrected chi connectivity index (χ4v) is 4.23. The molecule has 0 spiro atoms. The maximum Gasteiger partial charge on any atom is 0.224 e. The first-order valence-electron chi connectivity index (χ1n) is 10.3. The molecular weight excluding hydrogens is 414 g/mol. The van der Waals surface area contributed by atoms with Crippen molar-refractivity contribution in [1.82, 2.24) is 14.8 Å². The highest BCUT2D eigenvalue weighted by atomic mass is 35.5. The Hall–Kier alpha value is -2.90. The Labute approximate surface area is 187 Å². The molecular formula is C23H26ClN5O2. The van der Waals surface area contributed by atoms with Gasteiger partial charge in [0.1, 0.15) is 5.82 Å². The maximum absolute atomic E-state index is 12.4. The number of aromatic nitrogens is 3. The number of methoxy groups -OCH3 is 1. The van der Waals surface area contributed by atoms with Gasteiger partial charge in [-0.1, -0.05) is 17.7 Å². The van der Waals surface area contributed by atoms with Crippen LogP contribution in [0.2, 0.25) is 5.02 Å². The number of carbonyl (C=O) groups excluding carboxylic acids is 1. The molecule has 0 aliphatic carbocycles. The van der Waals surface area contributed by atoms with Crippen LogP contribution in [0, 0.1) is 0 Å². The third-order valence-corrected chi connectivity index (χ3v) is 5.78. The highest BCUT2D eigenvalue weighted by molar-refractivity contribution is 6.30. The van der Waals surface area contributed by atoms with Crippen molar-refractivity contribution in [1.29, 1.82) is 0 Å². The molecule has 0 radical (unpaired) electrons. The molecule has 1 aliphatic rings. The van der Waals surface area contributed by atoms with E-state index in [0.29, 0.717) is 18.2 Å². The average Bonchev–Trinajstić information content (AvgIpc) is 3.22. The van der Waals surface area contributed by atoms with E-state index in [1.165, 1.54) is 0 Å². The highest BCUT2D eigenvalue weighted by Gasteiger charge is 2.32. The first-order chi connectivity index (χ1) is 15.0. The Morgan fingerprint density at radius 3 is 2.81 bits per heavy atom. The number of amides is 1. The molecule has 2 unspecified atom stereocenters. The van der Waals surface area contributed by atoms with E-state index in [-0.39, 0.29) is 18.0 Å². The summed E-state index contributed by atoms with van der Waals surface area (Å²) in [6, 6.07) is 9.97. The van der Waals surface area contributed by atoms with Crippen molar-refractivity contribution < 1.29 is 9.53 Å². The lowest BCUT2D eigenvalue weighted by Crippen LogP contribution is -2.43. The molecule has 3 aromatic rings. The Morgan fingerprint density at radius 2 is 2.10 bits per heavy atom. The number of hydrogen-bond donors (Lipinski definition) is 1. The van der Waals surface area contributed by atoms with Gasteiger partial charge in [-0.2, -0.15) is 5.10 Å². The van der Waals surface area contributed by atoms with Crippen LogP contribution in [0.4, 0.5) is 11.5 Å². The number of rotatable bonds is 6. The minimum absolute atomic E-state index is 0.0118. The molecule has 1 amide bonds. The second-order valence-electron chi connectivity index (χ2n) is 7.79. The van der Waals surface area contributed by atoms with Crippen LogP contribution < -0.4 is 10.2 Å². The van der Waals surface area contributed by atoms with Gasteiger partial charge in [-0.05, 0) is 48.7 Å². The third kappa shape index (κ3) is 4.57. The number of ether oxygens (including phenoxy) is 1. The van der Waals surface area contributed by atoms with Gasteiger partial charge in [0.15, 0.2) is 0 Å². The van der Waals surface area contributed by atoms with E-state index < -0.39 is 0 Å². The lowest BCUT2D eigenvalue weighted by atomic mass is 9.89. The Morgan fingerprint density at radius 1 is 1.26 bits per heavy atom.